The molecule has 0 spiro atoms. The van der Waals surface area contributed by atoms with Crippen molar-refractivity contribution in [2.75, 3.05) is 11.6 Å². The maximum Gasteiger partial charge on any atom is 0.209 e. The highest BCUT2D eigenvalue weighted by molar-refractivity contribution is 7.89. The summed E-state index contributed by atoms with van der Waals surface area (Å²) >= 11 is 5.79. The molecule has 3 nitrogen and oxygen atoms in total. The van der Waals surface area contributed by atoms with Crippen LogP contribution in [0.5, 0.6) is 0 Å². The zero-order chi connectivity index (χ0) is 11.6. The predicted molar refractivity (Wildman–Crippen MR) is 60.9 cm³/mol. The van der Waals surface area contributed by atoms with Crippen LogP contribution >= 0.6 is 11.6 Å². The quantitative estimate of drug-likeness (QED) is 0.748. The van der Waals surface area contributed by atoms with Crippen molar-refractivity contribution in [1.29, 1.82) is 0 Å². The predicted octanol–water partition coefficient (Wildman–Crippen LogP) is 1.96. The molecule has 0 atom stereocenters. The number of primary sulfonamides is 1. The highest BCUT2D eigenvalue weighted by Crippen LogP contribution is 2.35. The second-order valence-electron chi connectivity index (χ2n) is 5.45. The molecule has 0 aromatic rings. The summed E-state index contributed by atoms with van der Waals surface area (Å²) in [5.74, 6) is 0.515. The van der Waals surface area contributed by atoms with Gasteiger partial charge in [0.2, 0.25) is 10.0 Å². The zero-order valence-electron chi connectivity index (χ0n) is 9.30. The molecule has 0 radical (unpaired) electrons. The molecule has 0 fully saturated rings. The molecular formula is C9H20ClNO2S. The van der Waals surface area contributed by atoms with Crippen LogP contribution in [0.3, 0.4) is 0 Å². The largest absolute Gasteiger partial charge is 0.229 e. The van der Waals surface area contributed by atoms with Crippen molar-refractivity contribution < 1.29 is 8.42 Å². The second kappa shape index (κ2) is 4.37. The summed E-state index contributed by atoms with van der Waals surface area (Å²) in [6, 6.07) is 0. The van der Waals surface area contributed by atoms with E-state index in [1.54, 1.807) is 0 Å². The maximum absolute atomic E-state index is 11.0. The van der Waals surface area contributed by atoms with E-state index in [4.69, 9.17) is 16.7 Å². The first kappa shape index (κ1) is 14.2. The number of halogens is 1. The Hall–Kier alpha value is 0.200. The van der Waals surface area contributed by atoms with Gasteiger partial charge in [0.05, 0.1) is 5.75 Å². The minimum absolute atomic E-state index is 0.000316. The molecule has 0 saturated carbocycles. The summed E-state index contributed by atoms with van der Waals surface area (Å²) in [5, 5.41) is 5.02. The molecule has 0 aliphatic carbocycles. The normalized spacial score (nSPS) is 14.4. The van der Waals surface area contributed by atoms with Gasteiger partial charge in [-0.15, -0.1) is 11.6 Å². The van der Waals surface area contributed by atoms with Gasteiger partial charge in [-0.3, -0.25) is 0 Å². The van der Waals surface area contributed by atoms with E-state index in [2.05, 4.69) is 0 Å². The number of alkyl halides is 1. The van der Waals surface area contributed by atoms with E-state index in [-0.39, 0.29) is 16.6 Å². The molecular weight excluding hydrogens is 222 g/mol. The van der Waals surface area contributed by atoms with Gasteiger partial charge in [0, 0.05) is 5.88 Å². The Balaban J connectivity index is 4.50. The van der Waals surface area contributed by atoms with Gasteiger partial charge in [0.15, 0.2) is 0 Å². The molecule has 5 heteroatoms. The smallest absolute Gasteiger partial charge is 0.209 e. The van der Waals surface area contributed by atoms with E-state index in [9.17, 15) is 8.42 Å². The molecule has 86 valence electrons. The van der Waals surface area contributed by atoms with Gasteiger partial charge in [0.1, 0.15) is 0 Å². The first-order chi connectivity index (χ1) is 5.97. The number of hydrogen-bond acceptors (Lipinski definition) is 2. The molecule has 0 saturated heterocycles. The molecule has 0 heterocycles. The van der Waals surface area contributed by atoms with E-state index in [0.29, 0.717) is 5.88 Å². The Kier molecular flexibility index (Phi) is 4.43. The standard InChI is InChI=1S/C9H20ClNO2S/c1-8(2,6-10)5-9(3,4)7-14(11,12)13/h5-7H2,1-4H3,(H2,11,12,13). The molecule has 0 unspecified atom stereocenters. The zero-order valence-corrected chi connectivity index (χ0v) is 10.9. The lowest BCUT2D eigenvalue weighted by Crippen LogP contribution is -2.33. The van der Waals surface area contributed by atoms with Crippen LogP contribution < -0.4 is 5.14 Å². The Morgan fingerprint density at radius 2 is 1.57 bits per heavy atom. The van der Waals surface area contributed by atoms with E-state index in [0.717, 1.165) is 6.42 Å². The number of hydrogen-bond donors (Lipinski definition) is 1. The topological polar surface area (TPSA) is 60.2 Å². The summed E-state index contributed by atoms with van der Waals surface area (Å²) in [6.07, 6.45) is 0.736. The van der Waals surface area contributed by atoms with Crippen molar-refractivity contribution in [3.63, 3.8) is 0 Å². The van der Waals surface area contributed by atoms with Gasteiger partial charge in [0.25, 0.3) is 0 Å². The summed E-state index contributed by atoms with van der Waals surface area (Å²) in [4.78, 5) is 0. The van der Waals surface area contributed by atoms with Crippen molar-refractivity contribution in [3.05, 3.63) is 0 Å². The fourth-order valence-corrected chi connectivity index (χ4v) is 3.22. The minimum Gasteiger partial charge on any atom is -0.229 e. The molecule has 2 N–H and O–H groups in total. The van der Waals surface area contributed by atoms with Gasteiger partial charge < -0.3 is 0 Å². The molecule has 0 aliphatic heterocycles. The SMILES string of the molecule is CC(C)(CCl)CC(C)(C)CS(N)(=O)=O. The van der Waals surface area contributed by atoms with E-state index < -0.39 is 10.0 Å². The highest BCUT2D eigenvalue weighted by Gasteiger charge is 2.31. The van der Waals surface area contributed by atoms with Gasteiger partial charge in [-0.25, -0.2) is 13.6 Å². The first-order valence-corrected chi connectivity index (χ1v) is 6.79. The fraction of sp³-hybridized carbons (Fsp3) is 1.00. The minimum atomic E-state index is -3.41. The van der Waals surface area contributed by atoms with Gasteiger partial charge in [-0.1, -0.05) is 27.7 Å². The third-order valence-corrected chi connectivity index (χ3v) is 3.82. The lowest BCUT2D eigenvalue weighted by Gasteiger charge is -2.32. The van der Waals surface area contributed by atoms with Gasteiger partial charge in [-0.05, 0) is 17.3 Å². The van der Waals surface area contributed by atoms with Crippen LogP contribution in [0.15, 0.2) is 0 Å². The number of sulfonamides is 1. The summed E-state index contributed by atoms with van der Waals surface area (Å²) in [7, 11) is -3.41. The molecule has 0 aliphatic rings. The van der Waals surface area contributed by atoms with Crippen molar-refractivity contribution in [2.45, 2.75) is 34.1 Å². The average molecular weight is 242 g/mol. The molecule has 0 amide bonds. The molecule has 0 bridgehead atoms. The second-order valence-corrected chi connectivity index (χ2v) is 7.33. The highest BCUT2D eigenvalue weighted by atomic mass is 35.5. The molecule has 0 aromatic carbocycles. The Bertz CT molecular complexity index is 283. The Morgan fingerprint density at radius 1 is 1.14 bits per heavy atom. The van der Waals surface area contributed by atoms with Crippen molar-refractivity contribution in [2.24, 2.45) is 16.0 Å². The van der Waals surface area contributed by atoms with Crippen LogP contribution in [0, 0.1) is 10.8 Å². The van der Waals surface area contributed by atoms with Crippen molar-refractivity contribution in [1.82, 2.24) is 0 Å². The van der Waals surface area contributed by atoms with E-state index >= 15 is 0 Å². The van der Waals surface area contributed by atoms with Crippen LogP contribution in [-0.2, 0) is 10.0 Å². The van der Waals surface area contributed by atoms with Gasteiger partial charge in [-0.2, -0.15) is 0 Å². The molecule has 0 rings (SSSR count). The fourth-order valence-electron chi connectivity index (χ4n) is 1.94. The number of rotatable bonds is 5. The average Bonchev–Trinajstić information content (AvgIpc) is 1.78. The van der Waals surface area contributed by atoms with E-state index in [1.807, 2.05) is 27.7 Å². The summed E-state index contributed by atoms with van der Waals surface area (Å²) in [5.41, 5.74) is -0.387. The first-order valence-electron chi connectivity index (χ1n) is 4.54. The van der Waals surface area contributed by atoms with Crippen LogP contribution in [0.2, 0.25) is 0 Å². The monoisotopic (exact) mass is 241 g/mol. The van der Waals surface area contributed by atoms with Crippen molar-refractivity contribution >= 4 is 21.6 Å². The van der Waals surface area contributed by atoms with Crippen LogP contribution in [0.4, 0.5) is 0 Å². The third kappa shape index (κ3) is 6.62. The Labute approximate surface area is 92.1 Å². The van der Waals surface area contributed by atoms with E-state index in [1.165, 1.54) is 0 Å². The van der Waals surface area contributed by atoms with Crippen LogP contribution in [0.1, 0.15) is 34.1 Å². The lowest BCUT2D eigenvalue weighted by molar-refractivity contribution is 0.239. The lowest BCUT2D eigenvalue weighted by atomic mass is 9.77. The molecule has 14 heavy (non-hydrogen) atoms. The molecule has 0 aromatic heterocycles. The summed E-state index contributed by atoms with van der Waals surface area (Å²) in [6.45, 7) is 7.83. The third-order valence-electron chi connectivity index (χ3n) is 1.91. The van der Waals surface area contributed by atoms with Crippen molar-refractivity contribution in [3.8, 4) is 0 Å². The van der Waals surface area contributed by atoms with Crippen LogP contribution in [0.25, 0.3) is 0 Å². The number of nitrogens with two attached hydrogens (primary N) is 1. The Morgan fingerprint density at radius 3 is 1.86 bits per heavy atom. The van der Waals surface area contributed by atoms with Crippen LogP contribution in [-0.4, -0.2) is 20.1 Å². The maximum atomic E-state index is 11.0. The summed E-state index contributed by atoms with van der Waals surface area (Å²) < 4.78 is 21.9. The van der Waals surface area contributed by atoms with Gasteiger partial charge >= 0.3 is 0 Å².